The molecule has 2 aromatic heterocycles. The fourth-order valence-corrected chi connectivity index (χ4v) is 5.19. The lowest BCUT2D eigenvalue weighted by atomic mass is 9.85. The molecule has 132 valence electrons. The molecule has 4 rings (SSSR count). The normalized spacial score (nSPS) is 23.3. The van der Waals surface area contributed by atoms with Gasteiger partial charge in [0.05, 0.1) is 17.1 Å². The smallest absolute Gasteiger partial charge is 0.213 e. The van der Waals surface area contributed by atoms with Gasteiger partial charge in [0.2, 0.25) is 10.0 Å². The molecule has 0 bridgehead atoms. The monoisotopic (exact) mass is 358 g/mol. The van der Waals surface area contributed by atoms with E-state index in [2.05, 4.69) is 27.0 Å². The average molecular weight is 358 g/mol. The molecule has 7 heteroatoms. The Kier molecular flexibility index (Phi) is 4.00. The molecule has 1 atom stereocenters. The molecule has 0 amide bonds. The molecule has 0 unspecified atom stereocenters. The molecule has 6 nitrogen and oxygen atoms in total. The third-order valence-corrected chi connectivity index (χ3v) is 7.12. The van der Waals surface area contributed by atoms with Crippen LogP contribution in [-0.2, 0) is 22.0 Å². The maximum Gasteiger partial charge on any atom is 0.213 e. The van der Waals surface area contributed by atoms with E-state index < -0.39 is 10.0 Å². The van der Waals surface area contributed by atoms with Gasteiger partial charge >= 0.3 is 0 Å². The molecule has 2 aliphatic rings. The quantitative estimate of drug-likeness (QED) is 0.834. The van der Waals surface area contributed by atoms with E-state index in [-0.39, 0.29) is 11.2 Å². The van der Waals surface area contributed by atoms with Crippen LogP contribution in [-0.4, -0.2) is 48.1 Å². The lowest BCUT2D eigenvalue weighted by Crippen LogP contribution is -2.38. The molecule has 2 aliphatic heterocycles. The van der Waals surface area contributed by atoms with Crippen LogP contribution in [0.3, 0.4) is 0 Å². The Morgan fingerprint density at radius 2 is 2.04 bits per heavy atom. The number of hydrogen-bond acceptors (Lipinski definition) is 5. The maximum atomic E-state index is 12.3. The highest BCUT2D eigenvalue weighted by Crippen LogP contribution is 2.46. The molecule has 0 N–H and O–H groups in total. The van der Waals surface area contributed by atoms with E-state index in [4.69, 9.17) is 0 Å². The van der Waals surface area contributed by atoms with E-state index >= 15 is 0 Å². The minimum Gasteiger partial charge on any atom is -0.365 e. The van der Waals surface area contributed by atoms with Crippen LogP contribution in [0.15, 0.2) is 42.9 Å². The van der Waals surface area contributed by atoms with Gasteiger partial charge in [-0.1, -0.05) is 6.07 Å². The zero-order valence-corrected chi connectivity index (χ0v) is 15.1. The van der Waals surface area contributed by atoms with Crippen molar-refractivity contribution in [1.29, 1.82) is 0 Å². The van der Waals surface area contributed by atoms with Gasteiger partial charge < -0.3 is 4.90 Å². The summed E-state index contributed by atoms with van der Waals surface area (Å²) in [7, 11) is -3.16. The molecule has 4 heterocycles. The summed E-state index contributed by atoms with van der Waals surface area (Å²) in [6.45, 7) is 4.36. The molecule has 0 radical (unpaired) electrons. The highest BCUT2D eigenvalue weighted by molar-refractivity contribution is 7.89. The summed E-state index contributed by atoms with van der Waals surface area (Å²) in [5, 5.41) is 0. The Labute approximate surface area is 148 Å². The Bertz CT molecular complexity index is 872. The van der Waals surface area contributed by atoms with Gasteiger partial charge in [0.25, 0.3) is 0 Å². The number of anilines is 1. The Balaban J connectivity index is 1.65. The Morgan fingerprint density at radius 3 is 2.80 bits per heavy atom. The van der Waals surface area contributed by atoms with Crippen molar-refractivity contribution in [2.75, 3.05) is 30.3 Å². The number of pyridine rings is 2. The van der Waals surface area contributed by atoms with Crippen LogP contribution >= 0.6 is 0 Å². The molecule has 0 saturated carbocycles. The van der Waals surface area contributed by atoms with E-state index in [1.807, 2.05) is 24.5 Å². The SMILES string of the molecule is CCS(=O)(=O)N1CC[C@@]2(CN(Cc3cccnc3)c3cccnc32)C1. The summed E-state index contributed by atoms with van der Waals surface area (Å²) in [6.07, 6.45) is 6.28. The van der Waals surface area contributed by atoms with Crippen molar-refractivity contribution in [2.24, 2.45) is 0 Å². The predicted molar refractivity (Wildman–Crippen MR) is 96.9 cm³/mol. The number of rotatable bonds is 4. The van der Waals surface area contributed by atoms with Crippen LogP contribution in [0.4, 0.5) is 5.69 Å². The third-order valence-electron chi connectivity index (χ3n) is 5.30. The van der Waals surface area contributed by atoms with Crippen molar-refractivity contribution >= 4 is 15.7 Å². The molecule has 0 aliphatic carbocycles. The van der Waals surface area contributed by atoms with Crippen LogP contribution in [0.1, 0.15) is 24.6 Å². The molecular formula is C18H22N4O2S. The van der Waals surface area contributed by atoms with Gasteiger partial charge in [-0.15, -0.1) is 0 Å². The van der Waals surface area contributed by atoms with Crippen molar-refractivity contribution < 1.29 is 8.42 Å². The van der Waals surface area contributed by atoms with Gasteiger partial charge in [0.1, 0.15) is 0 Å². The predicted octanol–water partition coefficient (Wildman–Crippen LogP) is 1.79. The van der Waals surface area contributed by atoms with Crippen molar-refractivity contribution in [3.8, 4) is 0 Å². The summed E-state index contributed by atoms with van der Waals surface area (Å²) in [4.78, 5) is 11.2. The summed E-state index contributed by atoms with van der Waals surface area (Å²) < 4.78 is 26.3. The number of hydrogen-bond donors (Lipinski definition) is 0. The summed E-state index contributed by atoms with van der Waals surface area (Å²) in [6, 6.07) is 8.04. The Hall–Kier alpha value is -1.99. The standard InChI is InChI=1S/C18H22N4O2S/c1-2-25(23,24)22-10-7-18(14-22)13-21(12-15-5-3-8-19-11-15)16-6-4-9-20-17(16)18/h3-6,8-9,11H,2,7,10,12-14H2,1H3/t18-/m1/s1. The molecule has 1 saturated heterocycles. The van der Waals surface area contributed by atoms with E-state index in [9.17, 15) is 8.42 Å². The molecule has 0 aromatic carbocycles. The minimum absolute atomic E-state index is 0.150. The van der Waals surface area contributed by atoms with Crippen molar-refractivity contribution in [1.82, 2.24) is 14.3 Å². The van der Waals surface area contributed by atoms with Gasteiger partial charge in [-0.3, -0.25) is 9.97 Å². The van der Waals surface area contributed by atoms with Crippen LogP contribution in [0.2, 0.25) is 0 Å². The van der Waals surface area contributed by atoms with Gasteiger partial charge in [-0.2, -0.15) is 0 Å². The second-order valence-electron chi connectivity index (χ2n) is 6.85. The number of fused-ring (bicyclic) bond motifs is 2. The van der Waals surface area contributed by atoms with Crippen LogP contribution in [0.25, 0.3) is 0 Å². The molecule has 1 spiro atoms. The zero-order valence-electron chi connectivity index (χ0n) is 14.3. The summed E-state index contributed by atoms with van der Waals surface area (Å²) in [5.74, 6) is 0.150. The maximum absolute atomic E-state index is 12.3. The lowest BCUT2D eigenvalue weighted by Gasteiger charge is -2.25. The zero-order chi connectivity index (χ0) is 17.5. The molecular weight excluding hydrogens is 336 g/mol. The first-order chi connectivity index (χ1) is 12.0. The van der Waals surface area contributed by atoms with Gasteiger partial charge in [0.15, 0.2) is 0 Å². The number of nitrogens with zero attached hydrogens (tertiary/aromatic N) is 4. The van der Waals surface area contributed by atoms with Crippen LogP contribution < -0.4 is 4.90 Å². The van der Waals surface area contributed by atoms with Gasteiger partial charge in [-0.25, -0.2) is 12.7 Å². The fraction of sp³-hybridized carbons (Fsp3) is 0.444. The van der Waals surface area contributed by atoms with E-state index in [0.29, 0.717) is 13.1 Å². The number of sulfonamides is 1. The van der Waals surface area contributed by atoms with Crippen molar-refractivity contribution in [3.63, 3.8) is 0 Å². The van der Waals surface area contributed by atoms with E-state index in [1.54, 1.807) is 17.4 Å². The average Bonchev–Trinajstić information content (AvgIpc) is 3.20. The van der Waals surface area contributed by atoms with Crippen LogP contribution in [0.5, 0.6) is 0 Å². The summed E-state index contributed by atoms with van der Waals surface area (Å²) in [5.41, 5.74) is 3.08. The molecule has 25 heavy (non-hydrogen) atoms. The first kappa shape index (κ1) is 16.5. The molecule has 1 fully saturated rings. The van der Waals surface area contributed by atoms with Crippen molar-refractivity contribution in [2.45, 2.75) is 25.3 Å². The second kappa shape index (κ2) is 6.07. The topological polar surface area (TPSA) is 66.4 Å². The highest BCUT2D eigenvalue weighted by atomic mass is 32.2. The molecule has 2 aromatic rings. The highest BCUT2D eigenvalue weighted by Gasteiger charge is 2.50. The van der Waals surface area contributed by atoms with Crippen LogP contribution in [0, 0.1) is 0 Å². The minimum atomic E-state index is -3.16. The Morgan fingerprint density at radius 1 is 1.20 bits per heavy atom. The second-order valence-corrected chi connectivity index (χ2v) is 9.11. The third kappa shape index (κ3) is 2.81. The summed E-state index contributed by atoms with van der Waals surface area (Å²) >= 11 is 0. The van der Waals surface area contributed by atoms with Gasteiger partial charge in [0, 0.05) is 50.2 Å². The van der Waals surface area contributed by atoms with E-state index in [0.717, 1.165) is 36.5 Å². The lowest BCUT2D eigenvalue weighted by molar-refractivity contribution is 0.425. The van der Waals surface area contributed by atoms with Gasteiger partial charge in [-0.05, 0) is 37.1 Å². The number of aromatic nitrogens is 2. The van der Waals surface area contributed by atoms with Crippen molar-refractivity contribution in [3.05, 3.63) is 54.1 Å². The first-order valence-electron chi connectivity index (χ1n) is 8.61. The van der Waals surface area contributed by atoms with E-state index in [1.165, 1.54) is 0 Å². The fourth-order valence-electron chi connectivity index (χ4n) is 4.02. The first-order valence-corrected chi connectivity index (χ1v) is 10.2. The largest absolute Gasteiger partial charge is 0.365 e.